The minimum absolute atomic E-state index is 0.00961. The fourth-order valence-corrected chi connectivity index (χ4v) is 4.84. The summed E-state index contributed by atoms with van der Waals surface area (Å²) >= 11 is 3.38. The van der Waals surface area contributed by atoms with Crippen molar-refractivity contribution in [2.75, 3.05) is 24.3 Å². The molecule has 0 bridgehead atoms. The van der Waals surface area contributed by atoms with Gasteiger partial charge in [0.05, 0.1) is 16.3 Å². The molecule has 1 atom stereocenters. The molecular formula is C11H14BrNO3S. The van der Waals surface area contributed by atoms with Crippen molar-refractivity contribution >= 4 is 31.5 Å². The molecule has 2 rings (SSSR count). The number of benzene rings is 1. The van der Waals surface area contributed by atoms with Crippen LogP contribution in [0.15, 0.2) is 27.6 Å². The van der Waals surface area contributed by atoms with Crippen molar-refractivity contribution in [3.63, 3.8) is 0 Å². The van der Waals surface area contributed by atoms with E-state index in [4.69, 9.17) is 5.11 Å². The van der Waals surface area contributed by atoms with Gasteiger partial charge >= 0.3 is 0 Å². The normalized spacial score (nSPS) is 22.3. The van der Waals surface area contributed by atoms with E-state index in [0.29, 0.717) is 17.0 Å². The molecule has 1 unspecified atom stereocenters. The highest BCUT2D eigenvalue weighted by Crippen LogP contribution is 2.38. The third kappa shape index (κ3) is 2.21. The van der Waals surface area contributed by atoms with Gasteiger partial charge in [-0.25, -0.2) is 8.42 Å². The van der Waals surface area contributed by atoms with E-state index in [0.717, 1.165) is 4.47 Å². The van der Waals surface area contributed by atoms with Crippen molar-refractivity contribution in [1.82, 2.24) is 0 Å². The zero-order valence-electron chi connectivity index (χ0n) is 9.43. The van der Waals surface area contributed by atoms with Crippen LogP contribution in [0.2, 0.25) is 0 Å². The van der Waals surface area contributed by atoms with Gasteiger partial charge in [-0.3, -0.25) is 0 Å². The Morgan fingerprint density at radius 1 is 1.53 bits per heavy atom. The summed E-state index contributed by atoms with van der Waals surface area (Å²) in [6.45, 7) is -0.00961. The zero-order chi connectivity index (χ0) is 12.6. The minimum atomic E-state index is -3.25. The highest BCUT2D eigenvalue weighted by molar-refractivity contribution is 9.10. The zero-order valence-corrected chi connectivity index (χ0v) is 11.8. The maximum absolute atomic E-state index is 12.1. The topological polar surface area (TPSA) is 57.6 Å². The number of anilines is 1. The Hall–Kier alpha value is -0.590. The summed E-state index contributed by atoms with van der Waals surface area (Å²) in [7, 11) is -1.39. The van der Waals surface area contributed by atoms with E-state index in [9.17, 15) is 8.42 Å². The fraction of sp³-hybridized carbons (Fsp3) is 0.455. The van der Waals surface area contributed by atoms with Gasteiger partial charge in [-0.2, -0.15) is 0 Å². The lowest BCUT2D eigenvalue weighted by Crippen LogP contribution is -2.43. The van der Waals surface area contributed by atoms with Gasteiger partial charge in [-0.05, 0) is 34.5 Å². The van der Waals surface area contributed by atoms with Crippen LogP contribution in [0.5, 0.6) is 0 Å². The first-order valence-electron chi connectivity index (χ1n) is 5.32. The number of para-hydroxylation sites is 1. The van der Waals surface area contributed by atoms with E-state index in [2.05, 4.69) is 15.9 Å². The Balaban J connectivity index is 2.58. The van der Waals surface area contributed by atoms with E-state index in [-0.39, 0.29) is 18.4 Å². The third-order valence-corrected chi connectivity index (χ3v) is 5.52. The molecule has 17 heavy (non-hydrogen) atoms. The van der Waals surface area contributed by atoms with Crippen molar-refractivity contribution in [3.05, 3.63) is 22.7 Å². The average Bonchev–Trinajstić information content (AvgIpc) is 2.25. The number of aliphatic hydroxyl groups excluding tert-OH is 1. The van der Waals surface area contributed by atoms with Crippen LogP contribution in [-0.2, 0) is 9.84 Å². The molecule has 1 aliphatic heterocycles. The quantitative estimate of drug-likeness (QED) is 0.895. The first-order chi connectivity index (χ1) is 7.97. The van der Waals surface area contributed by atoms with Crippen molar-refractivity contribution in [2.45, 2.75) is 17.4 Å². The van der Waals surface area contributed by atoms with Crippen molar-refractivity contribution in [3.8, 4) is 0 Å². The molecule has 0 spiro atoms. The lowest BCUT2D eigenvalue weighted by molar-refractivity contribution is 0.277. The lowest BCUT2D eigenvalue weighted by Gasteiger charge is -2.36. The van der Waals surface area contributed by atoms with Gasteiger partial charge in [0.25, 0.3) is 0 Å². The largest absolute Gasteiger partial charge is 0.396 e. The number of nitrogens with zero attached hydrogens (tertiary/aromatic N) is 1. The van der Waals surface area contributed by atoms with Crippen molar-refractivity contribution in [2.24, 2.45) is 0 Å². The molecule has 0 aliphatic carbocycles. The first-order valence-corrected chi connectivity index (χ1v) is 7.77. The standard InChI is InChI=1S/C11H14BrNO3S/c1-13-8(5-6-14)7-17(15,16)10-4-2-3-9(12)11(10)13/h2-4,8,14H,5-7H2,1H3. The maximum atomic E-state index is 12.1. The number of fused-ring (bicyclic) bond motifs is 1. The first kappa shape index (κ1) is 12.9. The van der Waals surface area contributed by atoms with Crippen LogP contribution >= 0.6 is 15.9 Å². The third-order valence-electron chi connectivity index (χ3n) is 3.06. The highest BCUT2D eigenvalue weighted by atomic mass is 79.9. The van der Waals surface area contributed by atoms with E-state index in [1.165, 1.54) is 0 Å². The molecule has 0 radical (unpaired) electrons. The Morgan fingerprint density at radius 2 is 2.24 bits per heavy atom. The predicted octanol–water partition coefficient (Wildman–Crippen LogP) is 1.42. The van der Waals surface area contributed by atoms with E-state index >= 15 is 0 Å². The van der Waals surface area contributed by atoms with Crippen molar-refractivity contribution in [1.29, 1.82) is 0 Å². The Morgan fingerprint density at radius 3 is 2.88 bits per heavy atom. The molecule has 1 aromatic rings. The van der Waals surface area contributed by atoms with E-state index in [1.54, 1.807) is 12.1 Å². The maximum Gasteiger partial charge on any atom is 0.182 e. The number of sulfone groups is 1. The van der Waals surface area contributed by atoms with Crippen LogP contribution in [0.4, 0.5) is 5.69 Å². The number of halogens is 1. The van der Waals surface area contributed by atoms with Crippen LogP contribution in [0.1, 0.15) is 6.42 Å². The summed E-state index contributed by atoms with van der Waals surface area (Å²) in [6.07, 6.45) is 0.455. The van der Waals surface area contributed by atoms with Gasteiger partial charge < -0.3 is 10.0 Å². The summed E-state index contributed by atoms with van der Waals surface area (Å²) in [5, 5.41) is 8.99. The average molecular weight is 320 g/mol. The Bertz CT molecular complexity index is 530. The van der Waals surface area contributed by atoms with Crippen LogP contribution in [-0.4, -0.2) is 39.0 Å². The summed E-state index contributed by atoms with van der Waals surface area (Å²) < 4.78 is 25.0. The van der Waals surface area contributed by atoms with Crippen molar-refractivity contribution < 1.29 is 13.5 Å². The molecule has 4 nitrogen and oxygen atoms in total. The lowest BCUT2D eigenvalue weighted by atomic mass is 10.2. The number of hydrogen-bond acceptors (Lipinski definition) is 4. The highest BCUT2D eigenvalue weighted by Gasteiger charge is 2.34. The molecule has 1 heterocycles. The van der Waals surface area contributed by atoms with E-state index < -0.39 is 9.84 Å². The SMILES string of the molecule is CN1c2c(Br)cccc2S(=O)(=O)CC1CCO. The summed E-state index contributed by atoms with van der Waals surface area (Å²) in [6, 6.07) is 5.00. The second kappa shape index (κ2) is 4.59. The van der Waals surface area contributed by atoms with Gasteiger partial charge in [0, 0.05) is 24.2 Å². The molecule has 1 aliphatic rings. The molecular weight excluding hydrogens is 306 g/mol. The molecule has 0 aromatic heterocycles. The smallest absolute Gasteiger partial charge is 0.182 e. The molecule has 0 saturated carbocycles. The Labute approximate surface area is 109 Å². The molecule has 0 saturated heterocycles. The second-order valence-corrected chi connectivity index (χ2v) is 7.00. The summed E-state index contributed by atoms with van der Waals surface area (Å²) in [5.41, 5.74) is 0.692. The molecule has 94 valence electrons. The van der Waals surface area contributed by atoms with Crippen LogP contribution in [0, 0.1) is 0 Å². The fourth-order valence-electron chi connectivity index (χ4n) is 2.15. The monoisotopic (exact) mass is 319 g/mol. The van der Waals surface area contributed by atoms with Gasteiger partial charge in [0.2, 0.25) is 0 Å². The predicted molar refractivity (Wildman–Crippen MR) is 70.1 cm³/mol. The molecule has 6 heteroatoms. The molecule has 1 N–H and O–H groups in total. The van der Waals surface area contributed by atoms with Crippen LogP contribution in [0.25, 0.3) is 0 Å². The van der Waals surface area contributed by atoms with Gasteiger partial charge in [0.15, 0.2) is 9.84 Å². The molecule has 1 aromatic carbocycles. The summed E-state index contributed by atoms with van der Waals surface area (Å²) in [4.78, 5) is 2.29. The van der Waals surface area contributed by atoms with Gasteiger partial charge in [-0.1, -0.05) is 6.07 Å². The van der Waals surface area contributed by atoms with E-state index in [1.807, 2.05) is 18.0 Å². The minimum Gasteiger partial charge on any atom is -0.396 e. The van der Waals surface area contributed by atoms with Gasteiger partial charge in [-0.15, -0.1) is 0 Å². The number of rotatable bonds is 2. The number of aliphatic hydroxyl groups is 1. The molecule has 0 fully saturated rings. The van der Waals surface area contributed by atoms with Gasteiger partial charge in [0.1, 0.15) is 0 Å². The Kier molecular flexibility index (Phi) is 3.47. The molecule has 0 amide bonds. The summed E-state index contributed by atoms with van der Waals surface area (Å²) in [5.74, 6) is 0.0630. The number of hydrogen-bond donors (Lipinski definition) is 1. The van der Waals surface area contributed by atoms with Crippen LogP contribution < -0.4 is 4.90 Å². The second-order valence-electron chi connectivity index (χ2n) is 4.15. The van der Waals surface area contributed by atoms with Crippen LogP contribution in [0.3, 0.4) is 0 Å².